The van der Waals surface area contributed by atoms with Crippen molar-refractivity contribution in [2.24, 2.45) is 0 Å². The van der Waals surface area contributed by atoms with E-state index in [1.165, 1.54) is 0 Å². The van der Waals surface area contributed by atoms with E-state index in [4.69, 9.17) is 9.05 Å². The molecule has 64 valence electrons. The molecular formula is C7H13O3P. The van der Waals surface area contributed by atoms with Crippen LogP contribution < -0.4 is 0 Å². The molecule has 1 aliphatic heterocycles. The first-order valence-corrected chi connectivity index (χ1v) is 5.40. The van der Waals surface area contributed by atoms with Crippen LogP contribution in [0.1, 0.15) is 19.8 Å². The van der Waals surface area contributed by atoms with Crippen molar-refractivity contribution in [1.82, 2.24) is 0 Å². The second kappa shape index (κ2) is 4.15. The summed E-state index contributed by atoms with van der Waals surface area (Å²) in [5.41, 5.74) is 0. The van der Waals surface area contributed by atoms with Crippen molar-refractivity contribution in [2.75, 3.05) is 13.3 Å². The minimum Gasteiger partial charge on any atom is -0.330 e. The lowest BCUT2D eigenvalue weighted by Crippen LogP contribution is -2.12. The van der Waals surface area contributed by atoms with Crippen LogP contribution in [0.25, 0.3) is 0 Å². The maximum atomic E-state index is 11.0. The SMILES string of the molecule is CCC1CC(=O)COP(C)O1. The van der Waals surface area contributed by atoms with Gasteiger partial charge >= 0.3 is 0 Å². The molecule has 4 heteroatoms. The van der Waals surface area contributed by atoms with Crippen LogP contribution in [0.5, 0.6) is 0 Å². The first kappa shape index (κ1) is 9.11. The molecule has 11 heavy (non-hydrogen) atoms. The first-order chi connectivity index (χ1) is 5.22. The summed E-state index contributed by atoms with van der Waals surface area (Å²) in [6.07, 6.45) is 1.49. The van der Waals surface area contributed by atoms with Gasteiger partial charge in [-0.15, -0.1) is 0 Å². The Morgan fingerprint density at radius 1 is 1.73 bits per heavy atom. The van der Waals surface area contributed by atoms with Crippen LogP contribution in [0.15, 0.2) is 0 Å². The Bertz CT molecular complexity index is 149. The van der Waals surface area contributed by atoms with E-state index >= 15 is 0 Å². The zero-order valence-corrected chi connectivity index (χ0v) is 7.77. The highest BCUT2D eigenvalue weighted by molar-refractivity contribution is 7.46. The van der Waals surface area contributed by atoms with Gasteiger partial charge in [0, 0.05) is 13.1 Å². The number of hydrogen-bond donors (Lipinski definition) is 0. The number of carbonyl (C=O) groups is 1. The van der Waals surface area contributed by atoms with Crippen LogP contribution in [0.2, 0.25) is 0 Å². The lowest BCUT2D eigenvalue weighted by Gasteiger charge is -2.14. The van der Waals surface area contributed by atoms with Gasteiger partial charge < -0.3 is 9.05 Å². The third kappa shape index (κ3) is 2.86. The van der Waals surface area contributed by atoms with Gasteiger partial charge in [0.05, 0.1) is 6.10 Å². The smallest absolute Gasteiger partial charge is 0.167 e. The van der Waals surface area contributed by atoms with Gasteiger partial charge in [-0.25, -0.2) is 0 Å². The van der Waals surface area contributed by atoms with Crippen molar-refractivity contribution in [1.29, 1.82) is 0 Å². The van der Waals surface area contributed by atoms with E-state index in [0.29, 0.717) is 6.42 Å². The van der Waals surface area contributed by atoms with Gasteiger partial charge in [0.25, 0.3) is 0 Å². The fraction of sp³-hybridized carbons (Fsp3) is 0.857. The van der Waals surface area contributed by atoms with Gasteiger partial charge in [-0.2, -0.15) is 0 Å². The first-order valence-electron chi connectivity index (χ1n) is 3.77. The predicted molar refractivity (Wildman–Crippen MR) is 43.6 cm³/mol. The van der Waals surface area contributed by atoms with Crippen LogP contribution in [0.3, 0.4) is 0 Å². The summed E-state index contributed by atoms with van der Waals surface area (Å²) >= 11 is 0. The van der Waals surface area contributed by atoms with Gasteiger partial charge in [0.1, 0.15) is 6.61 Å². The Kier molecular flexibility index (Phi) is 3.44. The Labute approximate surface area is 68.0 Å². The molecule has 0 aromatic carbocycles. The summed E-state index contributed by atoms with van der Waals surface area (Å²) in [4.78, 5) is 11.0. The summed E-state index contributed by atoms with van der Waals surface area (Å²) in [7, 11) is -0.811. The van der Waals surface area contributed by atoms with Crippen molar-refractivity contribution in [3.05, 3.63) is 0 Å². The molecule has 0 amide bonds. The summed E-state index contributed by atoms with van der Waals surface area (Å²) in [5.74, 6) is 0.156. The van der Waals surface area contributed by atoms with E-state index in [9.17, 15) is 4.79 Å². The lowest BCUT2D eigenvalue weighted by atomic mass is 10.1. The highest BCUT2D eigenvalue weighted by Crippen LogP contribution is 2.38. The van der Waals surface area contributed by atoms with E-state index in [-0.39, 0.29) is 18.5 Å². The zero-order valence-electron chi connectivity index (χ0n) is 6.87. The standard InChI is InChI=1S/C7H13O3P/c1-3-7-4-6(8)5-9-11(2)10-7/h7H,3-5H2,1-2H3. The van der Waals surface area contributed by atoms with Crippen LogP contribution in [-0.2, 0) is 13.8 Å². The molecule has 1 saturated heterocycles. The van der Waals surface area contributed by atoms with Crippen molar-refractivity contribution in [3.63, 3.8) is 0 Å². The monoisotopic (exact) mass is 176 g/mol. The molecule has 0 aromatic rings. The maximum Gasteiger partial charge on any atom is 0.167 e. The van der Waals surface area contributed by atoms with Crippen LogP contribution in [-0.4, -0.2) is 25.2 Å². The van der Waals surface area contributed by atoms with Crippen molar-refractivity contribution in [3.8, 4) is 0 Å². The molecule has 0 spiro atoms. The average Bonchev–Trinajstić information content (AvgIpc) is 2.13. The quantitative estimate of drug-likeness (QED) is 0.570. The molecule has 0 aliphatic carbocycles. The summed E-state index contributed by atoms with van der Waals surface area (Å²) in [5, 5.41) is 0. The van der Waals surface area contributed by atoms with Crippen LogP contribution >= 0.6 is 8.38 Å². The molecular weight excluding hydrogens is 163 g/mol. The molecule has 0 radical (unpaired) electrons. The lowest BCUT2D eigenvalue weighted by molar-refractivity contribution is -0.121. The van der Waals surface area contributed by atoms with Crippen LogP contribution in [0, 0.1) is 0 Å². The normalized spacial score (nSPS) is 33.5. The van der Waals surface area contributed by atoms with Gasteiger partial charge in [-0.05, 0) is 6.42 Å². The number of rotatable bonds is 1. The Hall–Kier alpha value is 0.0200. The number of hydrogen-bond acceptors (Lipinski definition) is 3. The molecule has 0 N–H and O–H groups in total. The third-order valence-electron chi connectivity index (χ3n) is 1.62. The average molecular weight is 176 g/mol. The molecule has 1 heterocycles. The van der Waals surface area contributed by atoms with Gasteiger partial charge in [0.2, 0.25) is 0 Å². The molecule has 2 unspecified atom stereocenters. The number of carbonyl (C=O) groups excluding carboxylic acids is 1. The third-order valence-corrected chi connectivity index (χ3v) is 2.70. The van der Waals surface area contributed by atoms with E-state index in [1.807, 2.05) is 13.6 Å². The second-order valence-electron chi connectivity index (χ2n) is 2.59. The molecule has 0 aromatic heterocycles. The highest BCUT2D eigenvalue weighted by atomic mass is 31.2. The van der Waals surface area contributed by atoms with Crippen molar-refractivity contribution in [2.45, 2.75) is 25.9 Å². The number of Topliss-reactive ketones (excluding diaryl/α,β-unsaturated/α-hetero) is 1. The maximum absolute atomic E-state index is 11.0. The molecule has 2 atom stereocenters. The highest BCUT2D eigenvalue weighted by Gasteiger charge is 2.21. The predicted octanol–water partition coefficient (Wildman–Crippen LogP) is 1.71. The molecule has 0 saturated carbocycles. The largest absolute Gasteiger partial charge is 0.330 e. The molecule has 1 fully saturated rings. The summed E-state index contributed by atoms with van der Waals surface area (Å²) in [6.45, 7) is 4.14. The minimum absolute atomic E-state index is 0.0844. The fourth-order valence-corrected chi connectivity index (χ4v) is 2.00. The molecule has 3 nitrogen and oxygen atoms in total. The van der Waals surface area contributed by atoms with Crippen LogP contribution in [0.4, 0.5) is 0 Å². The Morgan fingerprint density at radius 3 is 3.09 bits per heavy atom. The Morgan fingerprint density at radius 2 is 2.45 bits per heavy atom. The summed E-state index contributed by atoms with van der Waals surface area (Å²) in [6, 6.07) is 0. The molecule has 1 rings (SSSR count). The Balaban J connectivity index is 2.47. The van der Waals surface area contributed by atoms with Gasteiger partial charge in [-0.1, -0.05) is 6.92 Å². The number of ketones is 1. The van der Waals surface area contributed by atoms with E-state index < -0.39 is 8.38 Å². The van der Waals surface area contributed by atoms with E-state index in [1.54, 1.807) is 0 Å². The minimum atomic E-state index is -0.811. The van der Waals surface area contributed by atoms with E-state index in [2.05, 4.69) is 0 Å². The van der Waals surface area contributed by atoms with Gasteiger partial charge in [0.15, 0.2) is 14.2 Å². The fourth-order valence-electron chi connectivity index (χ4n) is 0.972. The van der Waals surface area contributed by atoms with Gasteiger partial charge in [-0.3, -0.25) is 4.79 Å². The molecule has 1 aliphatic rings. The summed E-state index contributed by atoms with van der Waals surface area (Å²) < 4.78 is 10.6. The molecule has 0 bridgehead atoms. The van der Waals surface area contributed by atoms with E-state index in [0.717, 1.165) is 6.42 Å². The van der Waals surface area contributed by atoms with Crippen molar-refractivity contribution < 1.29 is 13.8 Å². The zero-order chi connectivity index (χ0) is 8.27. The second-order valence-corrected chi connectivity index (χ2v) is 3.94. The topological polar surface area (TPSA) is 35.5 Å². The van der Waals surface area contributed by atoms with Crippen molar-refractivity contribution >= 4 is 14.2 Å².